The molecule has 0 radical (unpaired) electrons. The Labute approximate surface area is 117 Å². The monoisotopic (exact) mass is 258 g/mol. The van der Waals surface area contributed by atoms with Crippen LogP contribution in [0.1, 0.15) is 37.3 Å². The molecule has 1 aliphatic heterocycles. The summed E-state index contributed by atoms with van der Waals surface area (Å²) in [6.45, 7) is 7.19. The molecule has 1 N–H and O–H groups in total. The number of nitrogens with zero attached hydrogens (tertiary/aromatic N) is 1. The molecule has 1 unspecified atom stereocenters. The van der Waals surface area contributed by atoms with E-state index in [9.17, 15) is 0 Å². The number of nitrogens with one attached hydrogen (secondary N) is 1. The Bertz CT molecular complexity index is 411. The van der Waals surface area contributed by atoms with E-state index >= 15 is 0 Å². The Kier molecular flexibility index (Phi) is 4.19. The summed E-state index contributed by atoms with van der Waals surface area (Å²) in [5.41, 5.74) is 3.07. The summed E-state index contributed by atoms with van der Waals surface area (Å²) in [6, 6.07) is 9.82. The molecule has 2 aliphatic rings. The third-order valence-electron chi connectivity index (χ3n) is 4.43. The molecule has 104 valence electrons. The van der Waals surface area contributed by atoms with Gasteiger partial charge in [0.05, 0.1) is 0 Å². The smallest absolute Gasteiger partial charge is 0.0236 e. The van der Waals surface area contributed by atoms with Gasteiger partial charge in [-0.15, -0.1) is 0 Å². The Morgan fingerprint density at radius 2 is 1.95 bits per heavy atom. The van der Waals surface area contributed by atoms with Gasteiger partial charge in [0.2, 0.25) is 0 Å². The third kappa shape index (κ3) is 3.80. The van der Waals surface area contributed by atoms with Crippen molar-refractivity contribution in [3.8, 4) is 0 Å². The van der Waals surface area contributed by atoms with Crippen molar-refractivity contribution in [2.75, 3.05) is 19.6 Å². The molecule has 1 heterocycles. The lowest BCUT2D eigenvalue weighted by Gasteiger charge is -2.18. The molecule has 1 saturated carbocycles. The van der Waals surface area contributed by atoms with Crippen LogP contribution >= 0.6 is 0 Å². The van der Waals surface area contributed by atoms with E-state index in [1.807, 2.05) is 0 Å². The molecule has 2 heteroatoms. The van der Waals surface area contributed by atoms with Gasteiger partial charge in [-0.1, -0.05) is 31.2 Å². The van der Waals surface area contributed by atoms with Crippen LogP contribution < -0.4 is 5.32 Å². The van der Waals surface area contributed by atoms with Crippen molar-refractivity contribution in [3.05, 3.63) is 35.4 Å². The van der Waals surface area contributed by atoms with Crippen LogP contribution in [0.25, 0.3) is 0 Å². The second-order valence-corrected chi connectivity index (χ2v) is 6.38. The molecule has 1 aromatic rings. The fourth-order valence-electron chi connectivity index (χ4n) is 3.06. The minimum atomic E-state index is 0.826. The van der Waals surface area contributed by atoms with Crippen LogP contribution in [0, 0.1) is 5.92 Å². The van der Waals surface area contributed by atoms with Crippen LogP contribution in [0.5, 0.6) is 0 Å². The van der Waals surface area contributed by atoms with E-state index in [1.165, 1.54) is 49.9 Å². The molecular weight excluding hydrogens is 232 g/mol. The molecule has 1 aliphatic carbocycles. The molecule has 1 saturated heterocycles. The fourth-order valence-corrected chi connectivity index (χ4v) is 3.06. The first-order valence-electron chi connectivity index (χ1n) is 7.84. The first-order chi connectivity index (χ1) is 9.31. The summed E-state index contributed by atoms with van der Waals surface area (Å²) in [7, 11) is 0. The maximum absolute atomic E-state index is 3.62. The van der Waals surface area contributed by atoms with Crippen molar-refractivity contribution in [1.82, 2.24) is 10.2 Å². The summed E-state index contributed by atoms with van der Waals surface area (Å²) in [6.07, 6.45) is 5.31. The molecule has 1 aromatic carbocycles. The zero-order valence-corrected chi connectivity index (χ0v) is 12.1. The van der Waals surface area contributed by atoms with Crippen LogP contribution in [-0.4, -0.2) is 30.6 Å². The lowest BCUT2D eigenvalue weighted by Crippen LogP contribution is -2.22. The molecule has 3 rings (SSSR count). The van der Waals surface area contributed by atoms with Gasteiger partial charge >= 0.3 is 0 Å². The quantitative estimate of drug-likeness (QED) is 0.844. The van der Waals surface area contributed by atoms with Gasteiger partial charge in [0.15, 0.2) is 0 Å². The van der Waals surface area contributed by atoms with E-state index in [0.29, 0.717) is 0 Å². The first-order valence-corrected chi connectivity index (χ1v) is 7.84. The zero-order chi connectivity index (χ0) is 13.1. The van der Waals surface area contributed by atoms with E-state index in [1.54, 1.807) is 0 Å². The van der Waals surface area contributed by atoms with Gasteiger partial charge in [-0.3, -0.25) is 4.90 Å². The second-order valence-electron chi connectivity index (χ2n) is 6.38. The first kappa shape index (κ1) is 13.1. The number of hydrogen-bond acceptors (Lipinski definition) is 2. The molecule has 2 fully saturated rings. The maximum Gasteiger partial charge on any atom is 0.0236 e. The number of benzene rings is 1. The minimum Gasteiger partial charge on any atom is -0.314 e. The SMILES string of the molecule is CC1CCN(Cc2ccccc2CCNC2CC2)C1. The van der Waals surface area contributed by atoms with Gasteiger partial charge in [-0.25, -0.2) is 0 Å². The summed E-state index contributed by atoms with van der Waals surface area (Å²) in [5.74, 6) is 0.878. The summed E-state index contributed by atoms with van der Waals surface area (Å²) >= 11 is 0. The molecule has 19 heavy (non-hydrogen) atoms. The standard InChI is InChI=1S/C17H26N2/c1-14-9-11-19(12-14)13-16-5-3-2-4-15(16)8-10-18-17-6-7-17/h2-5,14,17-18H,6-13H2,1H3. The number of rotatable bonds is 6. The molecule has 0 spiro atoms. The fraction of sp³-hybridized carbons (Fsp3) is 0.647. The molecular formula is C17H26N2. The normalized spacial score (nSPS) is 23.9. The van der Waals surface area contributed by atoms with Gasteiger partial charge in [-0.2, -0.15) is 0 Å². The topological polar surface area (TPSA) is 15.3 Å². The Morgan fingerprint density at radius 1 is 1.16 bits per heavy atom. The average molecular weight is 258 g/mol. The summed E-state index contributed by atoms with van der Waals surface area (Å²) in [4.78, 5) is 2.61. The van der Waals surface area contributed by atoms with Gasteiger partial charge in [0.1, 0.15) is 0 Å². The second kappa shape index (κ2) is 6.06. The van der Waals surface area contributed by atoms with E-state index in [2.05, 4.69) is 41.4 Å². The Morgan fingerprint density at radius 3 is 2.63 bits per heavy atom. The van der Waals surface area contributed by atoms with Crippen LogP contribution in [0.15, 0.2) is 24.3 Å². The van der Waals surface area contributed by atoms with Crippen molar-refractivity contribution < 1.29 is 0 Å². The van der Waals surface area contributed by atoms with E-state index in [4.69, 9.17) is 0 Å². The molecule has 1 atom stereocenters. The van der Waals surface area contributed by atoms with Crippen molar-refractivity contribution in [2.45, 2.75) is 45.2 Å². The predicted octanol–water partition coefficient (Wildman–Crippen LogP) is 2.82. The molecule has 0 amide bonds. The summed E-state index contributed by atoms with van der Waals surface area (Å²) < 4.78 is 0. The molecule has 0 aromatic heterocycles. The Balaban J connectivity index is 1.56. The lowest BCUT2D eigenvalue weighted by atomic mass is 10.0. The molecule has 2 nitrogen and oxygen atoms in total. The van der Waals surface area contributed by atoms with Gasteiger partial charge < -0.3 is 5.32 Å². The van der Waals surface area contributed by atoms with Crippen molar-refractivity contribution >= 4 is 0 Å². The number of hydrogen-bond donors (Lipinski definition) is 1. The van der Waals surface area contributed by atoms with Gasteiger partial charge in [0, 0.05) is 19.1 Å². The third-order valence-corrected chi connectivity index (χ3v) is 4.43. The van der Waals surface area contributed by atoms with E-state index < -0.39 is 0 Å². The molecule has 0 bridgehead atoms. The van der Waals surface area contributed by atoms with E-state index in [0.717, 1.165) is 25.0 Å². The van der Waals surface area contributed by atoms with Gasteiger partial charge in [0.25, 0.3) is 0 Å². The largest absolute Gasteiger partial charge is 0.314 e. The minimum absolute atomic E-state index is 0.826. The van der Waals surface area contributed by atoms with Gasteiger partial charge in [-0.05, 0) is 55.8 Å². The average Bonchev–Trinajstić information content (AvgIpc) is 3.14. The predicted molar refractivity (Wildman–Crippen MR) is 80.2 cm³/mol. The summed E-state index contributed by atoms with van der Waals surface area (Å²) in [5, 5.41) is 3.62. The van der Waals surface area contributed by atoms with Crippen LogP contribution in [0.4, 0.5) is 0 Å². The Hall–Kier alpha value is -0.860. The zero-order valence-electron chi connectivity index (χ0n) is 12.1. The maximum atomic E-state index is 3.62. The highest BCUT2D eigenvalue weighted by atomic mass is 15.1. The van der Waals surface area contributed by atoms with Crippen LogP contribution in [0.3, 0.4) is 0 Å². The highest BCUT2D eigenvalue weighted by Gasteiger charge is 2.21. The van der Waals surface area contributed by atoms with Crippen molar-refractivity contribution in [3.63, 3.8) is 0 Å². The highest BCUT2D eigenvalue weighted by Crippen LogP contribution is 2.21. The number of likely N-dealkylation sites (tertiary alicyclic amines) is 1. The van der Waals surface area contributed by atoms with Crippen molar-refractivity contribution in [2.24, 2.45) is 5.92 Å². The van der Waals surface area contributed by atoms with Crippen LogP contribution in [0.2, 0.25) is 0 Å². The van der Waals surface area contributed by atoms with Crippen LogP contribution in [-0.2, 0) is 13.0 Å². The highest BCUT2D eigenvalue weighted by molar-refractivity contribution is 5.27. The lowest BCUT2D eigenvalue weighted by molar-refractivity contribution is 0.319. The van der Waals surface area contributed by atoms with Crippen molar-refractivity contribution in [1.29, 1.82) is 0 Å². The van der Waals surface area contributed by atoms with E-state index in [-0.39, 0.29) is 0 Å².